The first-order chi connectivity index (χ1) is 6.90. The van der Waals surface area contributed by atoms with Crippen LogP contribution >= 0.6 is 0 Å². The number of hydrogen-bond acceptors (Lipinski definition) is 2. The van der Waals surface area contributed by atoms with Crippen molar-refractivity contribution in [3.8, 4) is 5.88 Å². The van der Waals surface area contributed by atoms with E-state index in [-0.39, 0.29) is 0 Å². The highest BCUT2D eigenvalue weighted by Gasteiger charge is 2.20. The molecule has 1 saturated carbocycles. The molecule has 0 N–H and O–H groups in total. The van der Waals surface area contributed by atoms with Gasteiger partial charge in [0.1, 0.15) is 0 Å². The third-order valence-electron chi connectivity index (χ3n) is 2.69. The largest absolute Gasteiger partial charge is 0.477 e. The first-order valence-corrected chi connectivity index (χ1v) is 5.47. The zero-order chi connectivity index (χ0) is 9.80. The average Bonchev–Trinajstić information content (AvgIpc) is 3.03. The smallest absolute Gasteiger partial charge is 0.216 e. The van der Waals surface area contributed by atoms with Crippen molar-refractivity contribution in [1.82, 2.24) is 4.98 Å². The zero-order valence-electron chi connectivity index (χ0n) is 8.70. The lowest BCUT2D eigenvalue weighted by Crippen LogP contribution is -2.02. The number of pyridine rings is 1. The van der Waals surface area contributed by atoms with E-state index in [4.69, 9.17) is 4.74 Å². The minimum atomic E-state index is 0.828. The van der Waals surface area contributed by atoms with Gasteiger partial charge in [-0.15, -0.1) is 0 Å². The van der Waals surface area contributed by atoms with Gasteiger partial charge in [0, 0.05) is 11.8 Å². The molecule has 1 aromatic rings. The molecule has 0 aromatic carbocycles. The summed E-state index contributed by atoms with van der Waals surface area (Å²) in [5.41, 5.74) is 1.21. The summed E-state index contributed by atoms with van der Waals surface area (Å²) in [6.07, 6.45) is 6.77. The lowest BCUT2D eigenvalue weighted by Gasteiger charge is -2.07. The molecule has 2 heteroatoms. The van der Waals surface area contributed by atoms with Crippen molar-refractivity contribution in [3.63, 3.8) is 0 Å². The molecular weight excluding hydrogens is 174 g/mol. The van der Waals surface area contributed by atoms with Crippen molar-refractivity contribution in [2.24, 2.45) is 5.92 Å². The fraction of sp³-hybridized carbons (Fsp3) is 0.583. The summed E-state index contributed by atoms with van der Waals surface area (Å²) >= 11 is 0. The van der Waals surface area contributed by atoms with Gasteiger partial charge in [-0.1, -0.05) is 25.8 Å². The molecule has 0 saturated heterocycles. The van der Waals surface area contributed by atoms with Crippen LogP contribution in [-0.2, 0) is 6.42 Å². The quantitative estimate of drug-likeness (QED) is 0.714. The Morgan fingerprint density at radius 3 is 3.07 bits per heavy atom. The highest BCUT2D eigenvalue weighted by atomic mass is 16.5. The molecule has 0 radical (unpaired) electrons. The summed E-state index contributed by atoms with van der Waals surface area (Å²) in [6, 6.07) is 4.05. The molecule has 0 atom stereocenters. The maximum absolute atomic E-state index is 5.67. The second kappa shape index (κ2) is 4.45. The van der Waals surface area contributed by atoms with Gasteiger partial charge in [0.2, 0.25) is 5.88 Å². The second-order valence-corrected chi connectivity index (χ2v) is 3.90. The number of hydrogen-bond donors (Lipinski definition) is 0. The molecule has 0 spiro atoms. The van der Waals surface area contributed by atoms with E-state index in [9.17, 15) is 0 Å². The van der Waals surface area contributed by atoms with Crippen LogP contribution in [0.1, 0.15) is 31.7 Å². The Hall–Kier alpha value is -1.05. The predicted molar refractivity (Wildman–Crippen MR) is 56.5 cm³/mol. The van der Waals surface area contributed by atoms with E-state index in [1.54, 1.807) is 6.20 Å². The lowest BCUT2D eigenvalue weighted by atomic mass is 10.2. The lowest BCUT2D eigenvalue weighted by molar-refractivity contribution is 0.288. The molecule has 0 bridgehead atoms. The normalized spacial score (nSPS) is 15.5. The van der Waals surface area contributed by atoms with Gasteiger partial charge in [-0.25, -0.2) is 4.98 Å². The van der Waals surface area contributed by atoms with Crippen molar-refractivity contribution >= 4 is 0 Å². The van der Waals surface area contributed by atoms with Gasteiger partial charge in [-0.05, 0) is 24.8 Å². The first-order valence-electron chi connectivity index (χ1n) is 5.47. The zero-order valence-corrected chi connectivity index (χ0v) is 8.70. The highest BCUT2D eigenvalue weighted by Crippen LogP contribution is 2.32. The number of nitrogens with zero attached hydrogens (tertiary/aromatic N) is 1. The number of aryl methyl sites for hydroxylation is 1. The third kappa shape index (κ3) is 2.47. The van der Waals surface area contributed by atoms with Crippen molar-refractivity contribution in [3.05, 3.63) is 23.9 Å². The van der Waals surface area contributed by atoms with Crippen LogP contribution in [0.5, 0.6) is 5.88 Å². The Kier molecular flexibility index (Phi) is 3.02. The van der Waals surface area contributed by atoms with Gasteiger partial charge in [-0.3, -0.25) is 0 Å². The van der Waals surface area contributed by atoms with Crippen LogP contribution in [0.4, 0.5) is 0 Å². The maximum Gasteiger partial charge on any atom is 0.216 e. The molecule has 1 heterocycles. The standard InChI is InChI=1S/C12H17NO/c1-2-11-4-3-8-13-12(11)14-9-7-10-5-6-10/h3-4,8,10H,2,5-7,9H2,1H3. The molecule has 1 aliphatic rings. The molecule has 1 aromatic heterocycles. The maximum atomic E-state index is 5.67. The van der Waals surface area contributed by atoms with Gasteiger partial charge < -0.3 is 4.74 Å². The predicted octanol–water partition coefficient (Wildman–Crippen LogP) is 2.82. The Morgan fingerprint density at radius 1 is 1.50 bits per heavy atom. The van der Waals surface area contributed by atoms with Crippen LogP contribution in [0.25, 0.3) is 0 Å². The van der Waals surface area contributed by atoms with Crippen LogP contribution in [-0.4, -0.2) is 11.6 Å². The van der Waals surface area contributed by atoms with Crippen molar-refractivity contribution in [1.29, 1.82) is 0 Å². The van der Waals surface area contributed by atoms with E-state index in [1.165, 1.54) is 24.8 Å². The molecule has 14 heavy (non-hydrogen) atoms. The molecule has 1 aliphatic carbocycles. The Morgan fingerprint density at radius 2 is 2.36 bits per heavy atom. The van der Waals surface area contributed by atoms with Crippen molar-refractivity contribution in [2.45, 2.75) is 32.6 Å². The Labute approximate surface area is 85.3 Å². The molecular formula is C12H17NO. The molecule has 2 rings (SSSR count). The summed E-state index contributed by atoms with van der Waals surface area (Å²) in [5.74, 6) is 1.76. The number of aromatic nitrogens is 1. The monoisotopic (exact) mass is 191 g/mol. The molecule has 0 amide bonds. The van der Waals surface area contributed by atoms with E-state index < -0.39 is 0 Å². The van der Waals surface area contributed by atoms with E-state index in [2.05, 4.69) is 18.0 Å². The minimum absolute atomic E-state index is 0.828. The summed E-state index contributed by atoms with van der Waals surface area (Å²) in [7, 11) is 0. The third-order valence-corrected chi connectivity index (χ3v) is 2.69. The topological polar surface area (TPSA) is 22.1 Å². The Balaban J connectivity index is 1.86. The number of rotatable bonds is 5. The van der Waals surface area contributed by atoms with Crippen LogP contribution in [0.3, 0.4) is 0 Å². The van der Waals surface area contributed by atoms with Crippen LogP contribution < -0.4 is 4.74 Å². The van der Waals surface area contributed by atoms with Gasteiger partial charge in [-0.2, -0.15) is 0 Å². The average molecular weight is 191 g/mol. The van der Waals surface area contributed by atoms with Crippen molar-refractivity contribution in [2.75, 3.05) is 6.61 Å². The van der Waals surface area contributed by atoms with Gasteiger partial charge in [0.05, 0.1) is 6.61 Å². The van der Waals surface area contributed by atoms with Gasteiger partial charge >= 0.3 is 0 Å². The van der Waals surface area contributed by atoms with Crippen LogP contribution in [0, 0.1) is 5.92 Å². The van der Waals surface area contributed by atoms with E-state index in [0.29, 0.717) is 0 Å². The molecule has 1 fully saturated rings. The molecule has 0 unspecified atom stereocenters. The van der Waals surface area contributed by atoms with E-state index in [0.717, 1.165) is 24.8 Å². The number of ether oxygens (including phenoxy) is 1. The van der Waals surface area contributed by atoms with E-state index in [1.807, 2.05) is 6.07 Å². The molecule has 0 aliphatic heterocycles. The van der Waals surface area contributed by atoms with Gasteiger partial charge in [0.25, 0.3) is 0 Å². The highest BCUT2D eigenvalue weighted by molar-refractivity contribution is 5.25. The second-order valence-electron chi connectivity index (χ2n) is 3.90. The SMILES string of the molecule is CCc1cccnc1OCCC1CC1. The van der Waals surface area contributed by atoms with Gasteiger partial charge in [0.15, 0.2) is 0 Å². The van der Waals surface area contributed by atoms with Crippen molar-refractivity contribution < 1.29 is 4.74 Å². The summed E-state index contributed by atoms with van der Waals surface area (Å²) in [5, 5.41) is 0. The van der Waals surface area contributed by atoms with Crippen LogP contribution in [0.15, 0.2) is 18.3 Å². The molecule has 2 nitrogen and oxygen atoms in total. The summed E-state index contributed by atoms with van der Waals surface area (Å²) in [6.45, 7) is 2.96. The summed E-state index contributed by atoms with van der Waals surface area (Å²) < 4.78 is 5.67. The van der Waals surface area contributed by atoms with E-state index >= 15 is 0 Å². The molecule has 76 valence electrons. The summed E-state index contributed by atoms with van der Waals surface area (Å²) in [4.78, 5) is 4.24. The first kappa shape index (κ1) is 9.50. The van der Waals surface area contributed by atoms with Crippen LogP contribution in [0.2, 0.25) is 0 Å². The minimum Gasteiger partial charge on any atom is -0.477 e. The fourth-order valence-corrected chi connectivity index (χ4v) is 1.55. The fourth-order valence-electron chi connectivity index (χ4n) is 1.55. The Bertz CT molecular complexity index is 294.